The molecule has 17 heavy (non-hydrogen) atoms. The average Bonchev–Trinajstić information content (AvgIpc) is 2.71. The van der Waals surface area contributed by atoms with Crippen LogP contribution in [0.5, 0.6) is 0 Å². The lowest BCUT2D eigenvalue weighted by molar-refractivity contribution is 0.138. The molecule has 1 heterocycles. The molecule has 1 saturated carbocycles. The van der Waals surface area contributed by atoms with Gasteiger partial charge in [0.15, 0.2) is 0 Å². The minimum atomic E-state index is -0.189. The highest BCUT2D eigenvalue weighted by Gasteiger charge is 2.24. The Bertz CT molecular complexity index is 384. The lowest BCUT2D eigenvalue weighted by Gasteiger charge is -2.15. The van der Waals surface area contributed by atoms with Crippen molar-refractivity contribution in [3.8, 4) is 0 Å². The van der Waals surface area contributed by atoms with Gasteiger partial charge in [-0.05, 0) is 12.8 Å². The van der Waals surface area contributed by atoms with Gasteiger partial charge < -0.3 is 21.5 Å². The molecule has 1 aromatic heterocycles. The summed E-state index contributed by atoms with van der Waals surface area (Å²) in [5, 5.41) is 15.8. The molecule has 94 valence electrons. The molecule has 0 saturated heterocycles. The summed E-state index contributed by atoms with van der Waals surface area (Å²) >= 11 is 0. The molecule has 0 radical (unpaired) electrons. The molecule has 2 atom stereocenters. The Labute approximate surface area is 101 Å². The van der Waals surface area contributed by atoms with Crippen LogP contribution in [0, 0.1) is 5.92 Å². The SMILES string of the molecule is CNc1cc(NCC2CCCC2O)nc(N)n1. The summed E-state index contributed by atoms with van der Waals surface area (Å²) in [6.45, 7) is 0.723. The van der Waals surface area contributed by atoms with Crippen LogP contribution >= 0.6 is 0 Å². The lowest BCUT2D eigenvalue weighted by atomic mass is 10.1. The van der Waals surface area contributed by atoms with Crippen LogP contribution in [0.25, 0.3) is 0 Å². The van der Waals surface area contributed by atoms with Gasteiger partial charge in [-0.25, -0.2) is 0 Å². The minimum Gasteiger partial charge on any atom is -0.393 e. The van der Waals surface area contributed by atoms with E-state index >= 15 is 0 Å². The van der Waals surface area contributed by atoms with E-state index in [1.807, 2.05) is 0 Å². The molecule has 2 unspecified atom stereocenters. The van der Waals surface area contributed by atoms with E-state index < -0.39 is 0 Å². The van der Waals surface area contributed by atoms with Crippen LogP contribution in [0.3, 0.4) is 0 Å². The second-order valence-corrected chi connectivity index (χ2v) is 4.39. The number of hydrogen-bond acceptors (Lipinski definition) is 6. The standard InChI is InChI=1S/C11H19N5O/c1-13-9-5-10(16-11(12)15-9)14-6-7-3-2-4-8(7)17/h5,7-8,17H,2-4,6H2,1H3,(H4,12,13,14,15,16). The Hall–Kier alpha value is -1.56. The Balaban J connectivity index is 1.96. The molecule has 0 spiro atoms. The van der Waals surface area contributed by atoms with Crippen LogP contribution in [-0.4, -0.2) is 34.8 Å². The number of aliphatic hydroxyl groups excluding tert-OH is 1. The van der Waals surface area contributed by atoms with E-state index in [1.54, 1.807) is 13.1 Å². The van der Waals surface area contributed by atoms with E-state index in [4.69, 9.17) is 5.73 Å². The molecule has 1 aliphatic carbocycles. The normalized spacial score (nSPS) is 23.6. The molecular weight excluding hydrogens is 218 g/mol. The van der Waals surface area contributed by atoms with Crippen molar-refractivity contribution in [1.82, 2.24) is 9.97 Å². The summed E-state index contributed by atoms with van der Waals surface area (Å²) in [4.78, 5) is 8.11. The number of aromatic nitrogens is 2. The maximum absolute atomic E-state index is 9.71. The summed E-state index contributed by atoms with van der Waals surface area (Å²) in [7, 11) is 1.78. The summed E-state index contributed by atoms with van der Waals surface area (Å²) in [6, 6.07) is 1.80. The smallest absolute Gasteiger partial charge is 0.223 e. The first-order valence-corrected chi connectivity index (χ1v) is 5.93. The molecular formula is C11H19N5O. The fourth-order valence-electron chi connectivity index (χ4n) is 2.18. The number of nitrogens with zero attached hydrogens (tertiary/aromatic N) is 2. The third-order valence-electron chi connectivity index (χ3n) is 3.16. The molecule has 0 aromatic carbocycles. The van der Waals surface area contributed by atoms with E-state index in [-0.39, 0.29) is 12.1 Å². The van der Waals surface area contributed by atoms with Crippen molar-refractivity contribution in [3.05, 3.63) is 6.07 Å². The van der Waals surface area contributed by atoms with Gasteiger partial charge in [-0.1, -0.05) is 6.42 Å². The second-order valence-electron chi connectivity index (χ2n) is 4.39. The van der Waals surface area contributed by atoms with E-state index in [0.29, 0.717) is 17.6 Å². The number of aliphatic hydroxyl groups is 1. The predicted molar refractivity (Wildman–Crippen MR) is 67.8 cm³/mol. The zero-order chi connectivity index (χ0) is 12.3. The van der Waals surface area contributed by atoms with Crippen LogP contribution in [0.2, 0.25) is 0 Å². The van der Waals surface area contributed by atoms with Gasteiger partial charge >= 0.3 is 0 Å². The van der Waals surface area contributed by atoms with E-state index in [9.17, 15) is 5.11 Å². The summed E-state index contributed by atoms with van der Waals surface area (Å²) < 4.78 is 0. The topological polar surface area (TPSA) is 96.1 Å². The number of nitrogens with one attached hydrogen (secondary N) is 2. The molecule has 0 bridgehead atoms. The fourth-order valence-corrected chi connectivity index (χ4v) is 2.18. The highest BCUT2D eigenvalue weighted by molar-refractivity contribution is 5.50. The van der Waals surface area contributed by atoms with Gasteiger partial charge in [0.25, 0.3) is 0 Å². The Morgan fingerprint density at radius 1 is 1.41 bits per heavy atom. The molecule has 0 aliphatic heterocycles. The van der Waals surface area contributed by atoms with Crippen molar-refractivity contribution in [2.45, 2.75) is 25.4 Å². The molecule has 1 fully saturated rings. The number of nitrogen functional groups attached to an aromatic ring is 1. The number of anilines is 3. The number of hydrogen-bond donors (Lipinski definition) is 4. The van der Waals surface area contributed by atoms with Crippen molar-refractivity contribution >= 4 is 17.6 Å². The van der Waals surface area contributed by atoms with Crippen LogP contribution < -0.4 is 16.4 Å². The Kier molecular flexibility index (Phi) is 3.63. The molecule has 6 heteroatoms. The molecule has 1 aliphatic rings. The molecule has 5 N–H and O–H groups in total. The summed E-state index contributed by atoms with van der Waals surface area (Å²) in [6.07, 6.45) is 2.87. The third kappa shape index (κ3) is 2.97. The zero-order valence-corrected chi connectivity index (χ0v) is 9.98. The predicted octanol–water partition coefficient (Wildman–Crippen LogP) is 0.673. The summed E-state index contributed by atoms with van der Waals surface area (Å²) in [5.41, 5.74) is 5.59. The highest BCUT2D eigenvalue weighted by Crippen LogP contribution is 2.25. The van der Waals surface area contributed by atoms with Gasteiger partial charge in [0.05, 0.1) is 6.10 Å². The van der Waals surface area contributed by atoms with Crippen LogP contribution in [0.15, 0.2) is 6.07 Å². The molecule has 0 amide bonds. The number of rotatable bonds is 4. The quantitative estimate of drug-likeness (QED) is 0.615. The highest BCUT2D eigenvalue weighted by atomic mass is 16.3. The first-order valence-electron chi connectivity index (χ1n) is 5.93. The maximum atomic E-state index is 9.71. The minimum absolute atomic E-state index is 0.189. The van der Waals surface area contributed by atoms with E-state index in [0.717, 1.165) is 25.8 Å². The van der Waals surface area contributed by atoms with Crippen molar-refractivity contribution in [2.24, 2.45) is 5.92 Å². The summed E-state index contributed by atoms with van der Waals surface area (Å²) in [5.74, 6) is 1.93. The van der Waals surface area contributed by atoms with Gasteiger partial charge in [0, 0.05) is 25.6 Å². The number of nitrogens with two attached hydrogens (primary N) is 1. The Morgan fingerprint density at radius 2 is 2.18 bits per heavy atom. The zero-order valence-electron chi connectivity index (χ0n) is 9.98. The van der Waals surface area contributed by atoms with E-state index in [2.05, 4.69) is 20.6 Å². The first kappa shape index (κ1) is 11.9. The van der Waals surface area contributed by atoms with Crippen molar-refractivity contribution in [1.29, 1.82) is 0 Å². The van der Waals surface area contributed by atoms with E-state index in [1.165, 1.54) is 0 Å². The monoisotopic (exact) mass is 237 g/mol. The molecule has 2 rings (SSSR count). The third-order valence-corrected chi connectivity index (χ3v) is 3.16. The first-order chi connectivity index (χ1) is 8.19. The largest absolute Gasteiger partial charge is 0.393 e. The molecule has 6 nitrogen and oxygen atoms in total. The van der Waals surface area contributed by atoms with Gasteiger partial charge in [0.1, 0.15) is 11.6 Å². The fraction of sp³-hybridized carbons (Fsp3) is 0.636. The van der Waals surface area contributed by atoms with Crippen molar-refractivity contribution in [2.75, 3.05) is 30.0 Å². The van der Waals surface area contributed by atoms with Crippen molar-refractivity contribution < 1.29 is 5.11 Å². The van der Waals surface area contributed by atoms with Gasteiger partial charge in [-0.15, -0.1) is 0 Å². The van der Waals surface area contributed by atoms with Crippen molar-refractivity contribution in [3.63, 3.8) is 0 Å². The Morgan fingerprint density at radius 3 is 2.82 bits per heavy atom. The van der Waals surface area contributed by atoms with Gasteiger partial charge in [-0.2, -0.15) is 9.97 Å². The van der Waals surface area contributed by atoms with Crippen LogP contribution in [-0.2, 0) is 0 Å². The van der Waals surface area contributed by atoms with Gasteiger partial charge in [-0.3, -0.25) is 0 Å². The van der Waals surface area contributed by atoms with Crippen LogP contribution in [0.1, 0.15) is 19.3 Å². The second kappa shape index (κ2) is 5.18. The molecule has 1 aromatic rings. The average molecular weight is 237 g/mol. The maximum Gasteiger partial charge on any atom is 0.223 e. The van der Waals surface area contributed by atoms with Crippen LogP contribution in [0.4, 0.5) is 17.6 Å². The lowest BCUT2D eigenvalue weighted by Crippen LogP contribution is -2.22. The van der Waals surface area contributed by atoms with Gasteiger partial charge in [0.2, 0.25) is 5.95 Å².